The summed E-state index contributed by atoms with van der Waals surface area (Å²) in [7, 11) is 0. The Labute approximate surface area is 128 Å². The van der Waals surface area contributed by atoms with Crippen LogP contribution in [0.2, 0.25) is 0 Å². The monoisotopic (exact) mass is 300 g/mol. The van der Waals surface area contributed by atoms with Gasteiger partial charge in [-0.3, -0.25) is 0 Å². The summed E-state index contributed by atoms with van der Waals surface area (Å²) in [5.41, 5.74) is 0.510. The molecule has 0 aliphatic rings. The third-order valence-corrected chi connectivity index (χ3v) is 2.97. The van der Waals surface area contributed by atoms with E-state index in [1.165, 1.54) is 31.2 Å². The van der Waals surface area contributed by atoms with E-state index in [1.807, 2.05) is 0 Å². The SMILES string of the molecule is CCC(O)(OC(=O)c1ccccc1)OC(=O)c1ccccc1. The number of hydrogen-bond acceptors (Lipinski definition) is 5. The molecule has 0 radical (unpaired) electrons. The molecular formula is C17H16O5. The Bertz CT molecular complexity index is 583. The first kappa shape index (κ1) is 15.7. The van der Waals surface area contributed by atoms with Gasteiger partial charge in [0, 0.05) is 0 Å². The maximum Gasteiger partial charge on any atom is 0.373 e. The molecule has 114 valence electrons. The van der Waals surface area contributed by atoms with Crippen molar-refractivity contribution in [2.24, 2.45) is 0 Å². The number of carbonyl (C=O) groups excluding carboxylic acids is 2. The lowest BCUT2D eigenvalue weighted by atomic mass is 10.2. The minimum Gasteiger partial charge on any atom is -0.394 e. The standard InChI is InChI=1S/C17H16O5/c1-2-17(20,21-15(18)13-9-5-3-6-10-13)22-16(19)14-11-7-4-8-12-14/h3-12,20H,2H2,1H3. The Morgan fingerprint density at radius 3 is 1.55 bits per heavy atom. The summed E-state index contributed by atoms with van der Waals surface area (Å²) in [6.45, 7) is 1.54. The largest absolute Gasteiger partial charge is 0.394 e. The molecule has 0 amide bonds. The first-order chi connectivity index (χ1) is 10.5. The molecule has 0 aliphatic heterocycles. The van der Waals surface area contributed by atoms with Gasteiger partial charge < -0.3 is 14.6 Å². The van der Waals surface area contributed by atoms with Gasteiger partial charge in [-0.2, -0.15) is 0 Å². The second kappa shape index (κ2) is 6.87. The smallest absolute Gasteiger partial charge is 0.373 e. The number of esters is 2. The van der Waals surface area contributed by atoms with E-state index in [0.29, 0.717) is 0 Å². The minimum absolute atomic E-state index is 0.0931. The van der Waals surface area contributed by atoms with Crippen LogP contribution in [0, 0.1) is 0 Å². The van der Waals surface area contributed by atoms with E-state index in [2.05, 4.69) is 0 Å². The van der Waals surface area contributed by atoms with Crippen LogP contribution in [0.25, 0.3) is 0 Å². The molecule has 0 spiro atoms. The lowest BCUT2D eigenvalue weighted by molar-refractivity contribution is -0.304. The van der Waals surface area contributed by atoms with Gasteiger partial charge >= 0.3 is 17.9 Å². The van der Waals surface area contributed by atoms with Crippen molar-refractivity contribution in [3.63, 3.8) is 0 Å². The van der Waals surface area contributed by atoms with E-state index in [0.717, 1.165) is 0 Å². The summed E-state index contributed by atoms with van der Waals surface area (Å²) in [6, 6.07) is 16.3. The van der Waals surface area contributed by atoms with Crippen molar-refractivity contribution in [1.29, 1.82) is 0 Å². The molecule has 0 aromatic heterocycles. The predicted molar refractivity (Wildman–Crippen MR) is 79.0 cm³/mol. The van der Waals surface area contributed by atoms with Crippen LogP contribution < -0.4 is 0 Å². The highest BCUT2D eigenvalue weighted by molar-refractivity contribution is 5.91. The quantitative estimate of drug-likeness (QED) is 0.679. The number of benzene rings is 2. The Morgan fingerprint density at radius 2 is 1.23 bits per heavy atom. The van der Waals surface area contributed by atoms with Crippen molar-refractivity contribution >= 4 is 11.9 Å². The van der Waals surface area contributed by atoms with Crippen LogP contribution in [0.5, 0.6) is 0 Å². The van der Waals surface area contributed by atoms with Gasteiger partial charge in [0.1, 0.15) is 0 Å². The Kier molecular flexibility index (Phi) is 4.91. The fraction of sp³-hybridized carbons (Fsp3) is 0.176. The van der Waals surface area contributed by atoms with Gasteiger partial charge in [-0.1, -0.05) is 43.3 Å². The molecule has 0 fully saturated rings. The second-order valence-corrected chi connectivity index (χ2v) is 4.58. The summed E-state index contributed by atoms with van der Waals surface area (Å²) < 4.78 is 9.88. The van der Waals surface area contributed by atoms with Gasteiger partial charge in [0.15, 0.2) is 0 Å². The molecule has 2 aromatic carbocycles. The van der Waals surface area contributed by atoms with Crippen molar-refractivity contribution in [3.8, 4) is 0 Å². The zero-order valence-corrected chi connectivity index (χ0v) is 12.1. The fourth-order valence-corrected chi connectivity index (χ4v) is 1.72. The number of rotatable bonds is 5. The Morgan fingerprint density at radius 1 is 0.864 bits per heavy atom. The third-order valence-electron chi connectivity index (χ3n) is 2.97. The summed E-state index contributed by atoms with van der Waals surface area (Å²) in [5.74, 6) is -3.85. The molecule has 5 heteroatoms. The van der Waals surface area contributed by atoms with E-state index >= 15 is 0 Å². The molecule has 0 saturated carbocycles. The summed E-state index contributed by atoms with van der Waals surface area (Å²) in [5, 5.41) is 10.2. The number of ether oxygens (including phenoxy) is 2. The molecule has 2 aromatic rings. The van der Waals surface area contributed by atoms with Crippen LogP contribution in [-0.2, 0) is 9.47 Å². The van der Waals surface area contributed by atoms with Gasteiger partial charge in [-0.25, -0.2) is 9.59 Å². The molecule has 0 aliphatic carbocycles. The third kappa shape index (κ3) is 3.93. The van der Waals surface area contributed by atoms with Gasteiger partial charge in [0.25, 0.3) is 0 Å². The maximum absolute atomic E-state index is 12.0. The highest BCUT2D eigenvalue weighted by Gasteiger charge is 2.35. The summed E-state index contributed by atoms with van der Waals surface area (Å²) in [6.07, 6.45) is -0.0931. The van der Waals surface area contributed by atoms with Crippen molar-refractivity contribution in [2.45, 2.75) is 19.3 Å². The van der Waals surface area contributed by atoms with E-state index < -0.39 is 17.9 Å². The molecule has 0 atom stereocenters. The summed E-state index contributed by atoms with van der Waals surface area (Å²) >= 11 is 0. The molecule has 5 nitrogen and oxygen atoms in total. The van der Waals surface area contributed by atoms with Crippen molar-refractivity contribution in [3.05, 3.63) is 71.8 Å². The van der Waals surface area contributed by atoms with Crippen LogP contribution in [-0.4, -0.2) is 23.0 Å². The van der Waals surface area contributed by atoms with Gasteiger partial charge in [-0.15, -0.1) is 0 Å². The molecule has 0 saturated heterocycles. The first-order valence-corrected chi connectivity index (χ1v) is 6.83. The number of carbonyl (C=O) groups is 2. The Balaban J connectivity index is 2.09. The van der Waals surface area contributed by atoms with E-state index in [9.17, 15) is 14.7 Å². The van der Waals surface area contributed by atoms with Crippen molar-refractivity contribution < 1.29 is 24.2 Å². The zero-order valence-electron chi connectivity index (χ0n) is 12.1. The van der Waals surface area contributed by atoms with Crippen LogP contribution in [0.1, 0.15) is 34.1 Å². The van der Waals surface area contributed by atoms with Crippen molar-refractivity contribution in [2.75, 3.05) is 0 Å². The van der Waals surface area contributed by atoms with Gasteiger partial charge in [0.2, 0.25) is 0 Å². The molecular weight excluding hydrogens is 284 g/mol. The van der Waals surface area contributed by atoms with E-state index in [1.54, 1.807) is 36.4 Å². The highest BCUT2D eigenvalue weighted by atomic mass is 16.8. The van der Waals surface area contributed by atoms with E-state index in [4.69, 9.17) is 9.47 Å². The zero-order chi connectivity index (χ0) is 16.0. The van der Waals surface area contributed by atoms with Crippen LogP contribution >= 0.6 is 0 Å². The van der Waals surface area contributed by atoms with Gasteiger partial charge in [-0.05, 0) is 24.3 Å². The van der Waals surface area contributed by atoms with Crippen LogP contribution in [0.4, 0.5) is 0 Å². The van der Waals surface area contributed by atoms with Crippen LogP contribution in [0.3, 0.4) is 0 Å². The van der Waals surface area contributed by atoms with E-state index in [-0.39, 0.29) is 17.5 Å². The first-order valence-electron chi connectivity index (χ1n) is 6.83. The second-order valence-electron chi connectivity index (χ2n) is 4.58. The lowest BCUT2D eigenvalue weighted by Crippen LogP contribution is -2.39. The van der Waals surface area contributed by atoms with Crippen LogP contribution in [0.15, 0.2) is 60.7 Å². The molecule has 0 heterocycles. The molecule has 0 bridgehead atoms. The average Bonchev–Trinajstić information content (AvgIpc) is 2.56. The topological polar surface area (TPSA) is 72.8 Å². The maximum atomic E-state index is 12.0. The van der Waals surface area contributed by atoms with Crippen molar-refractivity contribution in [1.82, 2.24) is 0 Å². The molecule has 1 N–H and O–H groups in total. The predicted octanol–water partition coefficient (Wildman–Crippen LogP) is 2.76. The fourth-order valence-electron chi connectivity index (χ4n) is 1.72. The van der Waals surface area contributed by atoms with Gasteiger partial charge in [0.05, 0.1) is 17.5 Å². The molecule has 0 unspecified atom stereocenters. The normalized spacial score (nSPS) is 10.8. The Hall–Kier alpha value is -2.66. The lowest BCUT2D eigenvalue weighted by Gasteiger charge is -2.25. The molecule has 2 rings (SSSR count). The molecule has 22 heavy (non-hydrogen) atoms. The minimum atomic E-state index is -2.31. The number of aliphatic hydroxyl groups is 1. The number of hydrogen-bond donors (Lipinski definition) is 1. The highest BCUT2D eigenvalue weighted by Crippen LogP contribution is 2.19. The average molecular weight is 300 g/mol. The summed E-state index contributed by atoms with van der Waals surface area (Å²) in [4.78, 5) is 23.9.